The number of nitrogens with one attached hydrogen (secondary N) is 1. The van der Waals surface area contributed by atoms with Crippen molar-refractivity contribution in [3.8, 4) is 0 Å². The van der Waals surface area contributed by atoms with E-state index in [1.807, 2.05) is 0 Å². The summed E-state index contributed by atoms with van der Waals surface area (Å²) in [6.07, 6.45) is 5.48. The van der Waals surface area contributed by atoms with Crippen LogP contribution in [0, 0.1) is 11.3 Å². The molecule has 0 bridgehead atoms. The van der Waals surface area contributed by atoms with Crippen LogP contribution in [0.1, 0.15) is 46.5 Å². The molecule has 1 aliphatic carbocycles. The standard InChI is InChI=1S/C11H23N/c1-5-6-7-10(12-4)9-8-11(9,2)3/h9-10,12H,5-8H2,1-4H3. The maximum atomic E-state index is 3.45. The molecule has 0 radical (unpaired) electrons. The van der Waals surface area contributed by atoms with Gasteiger partial charge in [-0.25, -0.2) is 0 Å². The summed E-state index contributed by atoms with van der Waals surface area (Å²) in [6.45, 7) is 7.03. The van der Waals surface area contributed by atoms with Gasteiger partial charge in [0.1, 0.15) is 0 Å². The Hall–Kier alpha value is -0.0400. The zero-order valence-corrected chi connectivity index (χ0v) is 8.98. The van der Waals surface area contributed by atoms with Crippen molar-refractivity contribution in [1.29, 1.82) is 0 Å². The van der Waals surface area contributed by atoms with Crippen LogP contribution in [0.2, 0.25) is 0 Å². The van der Waals surface area contributed by atoms with Crippen LogP contribution in [0.25, 0.3) is 0 Å². The van der Waals surface area contributed by atoms with Gasteiger partial charge in [-0.3, -0.25) is 0 Å². The van der Waals surface area contributed by atoms with E-state index in [0.29, 0.717) is 5.41 Å². The van der Waals surface area contributed by atoms with Crippen LogP contribution in [-0.4, -0.2) is 13.1 Å². The molecule has 2 unspecified atom stereocenters. The molecule has 72 valence electrons. The lowest BCUT2D eigenvalue weighted by Crippen LogP contribution is -2.29. The third-order valence-electron chi connectivity index (χ3n) is 3.31. The molecule has 1 nitrogen and oxygen atoms in total. The largest absolute Gasteiger partial charge is 0.317 e. The summed E-state index contributed by atoms with van der Waals surface area (Å²) in [5.74, 6) is 0.939. The van der Waals surface area contributed by atoms with Crippen molar-refractivity contribution < 1.29 is 0 Å². The Morgan fingerprint density at radius 1 is 1.50 bits per heavy atom. The smallest absolute Gasteiger partial charge is 0.00976 e. The second-order valence-electron chi connectivity index (χ2n) is 4.84. The quantitative estimate of drug-likeness (QED) is 0.667. The van der Waals surface area contributed by atoms with Gasteiger partial charge >= 0.3 is 0 Å². The van der Waals surface area contributed by atoms with E-state index >= 15 is 0 Å². The van der Waals surface area contributed by atoms with Crippen molar-refractivity contribution in [1.82, 2.24) is 5.32 Å². The van der Waals surface area contributed by atoms with Gasteiger partial charge in [0.05, 0.1) is 0 Å². The number of hydrogen-bond acceptors (Lipinski definition) is 1. The molecule has 1 saturated carbocycles. The van der Waals surface area contributed by atoms with Crippen molar-refractivity contribution in [2.75, 3.05) is 7.05 Å². The number of unbranched alkanes of at least 4 members (excludes halogenated alkanes) is 1. The van der Waals surface area contributed by atoms with Crippen LogP contribution in [0.4, 0.5) is 0 Å². The highest BCUT2D eigenvalue weighted by Gasteiger charge is 2.49. The van der Waals surface area contributed by atoms with E-state index in [9.17, 15) is 0 Å². The predicted octanol–water partition coefficient (Wildman–Crippen LogP) is 2.81. The lowest BCUT2D eigenvalue weighted by Gasteiger charge is -2.17. The molecule has 1 fully saturated rings. The lowest BCUT2D eigenvalue weighted by atomic mass is 9.99. The zero-order chi connectivity index (χ0) is 9.19. The molecular formula is C11H23N. The minimum absolute atomic E-state index is 0.626. The topological polar surface area (TPSA) is 12.0 Å². The average Bonchev–Trinajstić information content (AvgIpc) is 2.62. The van der Waals surface area contributed by atoms with E-state index in [-0.39, 0.29) is 0 Å². The van der Waals surface area contributed by atoms with Gasteiger partial charge in [0.25, 0.3) is 0 Å². The van der Waals surface area contributed by atoms with Gasteiger partial charge in [-0.05, 0) is 31.2 Å². The first-order valence-corrected chi connectivity index (χ1v) is 5.29. The fourth-order valence-corrected chi connectivity index (χ4v) is 2.17. The van der Waals surface area contributed by atoms with Gasteiger partial charge in [-0.1, -0.05) is 33.6 Å². The Kier molecular flexibility index (Phi) is 3.16. The molecule has 0 aromatic rings. The Morgan fingerprint density at radius 2 is 2.08 bits per heavy atom. The molecule has 1 heteroatoms. The van der Waals surface area contributed by atoms with Gasteiger partial charge in [0.2, 0.25) is 0 Å². The van der Waals surface area contributed by atoms with E-state index in [2.05, 4.69) is 33.1 Å². The first-order valence-electron chi connectivity index (χ1n) is 5.29. The zero-order valence-electron chi connectivity index (χ0n) is 8.98. The van der Waals surface area contributed by atoms with Crippen LogP contribution in [-0.2, 0) is 0 Å². The first-order chi connectivity index (χ1) is 5.61. The summed E-state index contributed by atoms with van der Waals surface area (Å²) in [5, 5.41) is 3.45. The fraction of sp³-hybridized carbons (Fsp3) is 1.00. The summed E-state index contributed by atoms with van der Waals surface area (Å²) in [4.78, 5) is 0. The molecule has 0 saturated heterocycles. The molecule has 0 aliphatic heterocycles. The van der Waals surface area contributed by atoms with Gasteiger partial charge in [0, 0.05) is 6.04 Å². The van der Waals surface area contributed by atoms with Crippen molar-refractivity contribution in [2.24, 2.45) is 11.3 Å². The highest BCUT2D eigenvalue weighted by Crippen LogP contribution is 2.54. The van der Waals surface area contributed by atoms with E-state index in [0.717, 1.165) is 12.0 Å². The number of hydrogen-bond donors (Lipinski definition) is 1. The third-order valence-corrected chi connectivity index (χ3v) is 3.31. The molecule has 12 heavy (non-hydrogen) atoms. The molecule has 1 N–H and O–H groups in total. The van der Waals surface area contributed by atoms with Crippen LogP contribution in [0.5, 0.6) is 0 Å². The molecule has 0 amide bonds. The summed E-state index contributed by atoms with van der Waals surface area (Å²) in [6, 6.07) is 0.778. The van der Waals surface area contributed by atoms with E-state index in [1.54, 1.807) is 0 Å². The summed E-state index contributed by atoms with van der Waals surface area (Å²) >= 11 is 0. The maximum absolute atomic E-state index is 3.45. The van der Waals surface area contributed by atoms with Crippen molar-refractivity contribution >= 4 is 0 Å². The molecule has 0 spiro atoms. The Bertz CT molecular complexity index is 140. The molecule has 2 atom stereocenters. The first kappa shape index (κ1) is 10.0. The maximum Gasteiger partial charge on any atom is 0.00976 e. The van der Waals surface area contributed by atoms with Gasteiger partial charge in [-0.15, -0.1) is 0 Å². The molecular weight excluding hydrogens is 146 g/mol. The second-order valence-corrected chi connectivity index (χ2v) is 4.84. The van der Waals surface area contributed by atoms with Crippen molar-refractivity contribution in [2.45, 2.75) is 52.5 Å². The van der Waals surface area contributed by atoms with Gasteiger partial charge < -0.3 is 5.32 Å². The van der Waals surface area contributed by atoms with E-state index in [1.165, 1.54) is 25.7 Å². The van der Waals surface area contributed by atoms with E-state index in [4.69, 9.17) is 0 Å². The van der Waals surface area contributed by atoms with Gasteiger partial charge in [0.15, 0.2) is 0 Å². The average molecular weight is 169 g/mol. The predicted molar refractivity (Wildman–Crippen MR) is 54.3 cm³/mol. The molecule has 1 rings (SSSR count). The monoisotopic (exact) mass is 169 g/mol. The third kappa shape index (κ3) is 2.22. The molecule has 1 aliphatic rings. The van der Waals surface area contributed by atoms with Crippen LogP contribution >= 0.6 is 0 Å². The van der Waals surface area contributed by atoms with Gasteiger partial charge in [-0.2, -0.15) is 0 Å². The Morgan fingerprint density at radius 3 is 2.42 bits per heavy atom. The lowest BCUT2D eigenvalue weighted by molar-refractivity contribution is 0.397. The van der Waals surface area contributed by atoms with Crippen LogP contribution in [0.15, 0.2) is 0 Å². The Labute approximate surface area is 76.9 Å². The molecule has 0 aromatic heterocycles. The van der Waals surface area contributed by atoms with E-state index < -0.39 is 0 Å². The second kappa shape index (κ2) is 3.78. The van der Waals surface area contributed by atoms with Crippen molar-refractivity contribution in [3.63, 3.8) is 0 Å². The van der Waals surface area contributed by atoms with Crippen LogP contribution < -0.4 is 5.32 Å². The SMILES string of the molecule is CCCCC(NC)C1CC1(C)C. The fourth-order valence-electron chi connectivity index (χ4n) is 2.17. The summed E-state index contributed by atoms with van der Waals surface area (Å²) < 4.78 is 0. The normalized spacial score (nSPS) is 28.5. The number of rotatable bonds is 5. The van der Waals surface area contributed by atoms with Crippen molar-refractivity contribution in [3.05, 3.63) is 0 Å². The minimum atomic E-state index is 0.626. The molecule has 0 aromatic carbocycles. The Balaban J connectivity index is 2.27. The highest BCUT2D eigenvalue weighted by atomic mass is 14.9. The summed E-state index contributed by atoms with van der Waals surface area (Å²) in [7, 11) is 2.11. The summed E-state index contributed by atoms with van der Waals surface area (Å²) in [5.41, 5.74) is 0.626. The minimum Gasteiger partial charge on any atom is -0.317 e. The highest BCUT2D eigenvalue weighted by molar-refractivity contribution is 5.01. The molecule has 0 heterocycles. The van der Waals surface area contributed by atoms with Crippen LogP contribution in [0.3, 0.4) is 0 Å².